The molecule has 3 unspecified atom stereocenters. The molecule has 2 heteroatoms. The lowest BCUT2D eigenvalue weighted by Crippen LogP contribution is -2.47. The highest BCUT2D eigenvalue weighted by Gasteiger charge is 2.37. The van der Waals surface area contributed by atoms with Crippen molar-refractivity contribution in [3.63, 3.8) is 0 Å². The summed E-state index contributed by atoms with van der Waals surface area (Å²) >= 11 is 0. The van der Waals surface area contributed by atoms with Gasteiger partial charge in [0.15, 0.2) is 0 Å². The van der Waals surface area contributed by atoms with Crippen LogP contribution in [0.5, 0.6) is 0 Å². The standard InChI is InChI=1S/C16H32N2/c1-12(13-6-7-13)18(5)11-14-10-16(2,3)9-8-15(14)17-4/h12-15,17H,6-11H2,1-5H3. The predicted molar refractivity (Wildman–Crippen MR) is 78.8 cm³/mol. The largest absolute Gasteiger partial charge is 0.317 e. The van der Waals surface area contributed by atoms with Crippen LogP contribution in [0, 0.1) is 17.3 Å². The monoisotopic (exact) mass is 252 g/mol. The second-order valence-electron chi connectivity index (χ2n) is 7.58. The highest BCUT2D eigenvalue weighted by molar-refractivity contribution is 4.91. The quantitative estimate of drug-likeness (QED) is 0.809. The van der Waals surface area contributed by atoms with E-state index in [-0.39, 0.29) is 0 Å². The van der Waals surface area contributed by atoms with Crippen LogP contribution in [0.4, 0.5) is 0 Å². The summed E-state index contributed by atoms with van der Waals surface area (Å²) in [6.45, 7) is 8.57. The van der Waals surface area contributed by atoms with Gasteiger partial charge >= 0.3 is 0 Å². The Balaban J connectivity index is 1.91. The average Bonchev–Trinajstić information content (AvgIpc) is 3.11. The fourth-order valence-corrected chi connectivity index (χ4v) is 3.78. The molecule has 0 aromatic heterocycles. The topological polar surface area (TPSA) is 15.3 Å². The van der Waals surface area contributed by atoms with Crippen LogP contribution in [0.2, 0.25) is 0 Å². The fourth-order valence-electron chi connectivity index (χ4n) is 3.78. The molecule has 2 aliphatic rings. The van der Waals surface area contributed by atoms with E-state index < -0.39 is 0 Å². The Labute approximate surface area is 114 Å². The number of hydrogen-bond acceptors (Lipinski definition) is 2. The van der Waals surface area contributed by atoms with Crippen LogP contribution in [0.15, 0.2) is 0 Å². The molecule has 3 atom stereocenters. The first-order chi connectivity index (χ1) is 8.43. The molecule has 0 amide bonds. The molecular formula is C16H32N2. The van der Waals surface area contributed by atoms with E-state index >= 15 is 0 Å². The Morgan fingerprint density at radius 2 is 1.94 bits per heavy atom. The van der Waals surface area contributed by atoms with Gasteiger partial charge in [0, 0.05) is 18.6 Å². The molecule has 2 rings (SSSR count). The Kier molecular flexibility index (Phi) is 4.38. The maximum absolute atomic E-state index is 3.55. The number of rotatable bonds is 5. The van der Waals surface area contributed by atoms with E-state index in [1.807, 2.05) is 0 Å². The van der Waals surface area contributed by atoms with Crippen LogP contribution in [-0.4, -0.2) is 37.6 Å². The number of hydrogen-bond donors (Lipinski definition) is 1. The van der Waals surface area contributed by atoms with E-state index in [4.69, 9.17) is 0 Å². The summed E-state index contributed by atoms with van der Waals surface area (Å²) in [5.74, 6) is 1.81. The molecule has 2 nitrogen and oxygen atoms in total. The molecule has 0 bridgehead atoms. The lowest BCUT2D eigenvalue weighted by Gasteiger charge is -2.43. The highest BCUT2D eigenvalue weighted by atomic mass is 15.1. The first-order valence-electron chi connectivity index (χ1n) is 7.80. The van der Waals surface area contributed by atoms with Crippen LogP contribution in [0.25, 0.3) is 0 Å². The zero-order chi connectivity index (χ0) is 13.3. The van der Waals surface area contributed by atoms with Crippen molar-refractivity contribution in [2.75, 3.05) is 20.6 Å². The van der Waals surface area contributed by atoms with Gasteiger partial charge in [0.2, 0.25) is 0 Å². The molecular weight excluding hydrogens is 220 g/mol. The van der Waals surface area contributed by atoms with Crippen molar-refractivity contribution in [2.45, 2.75) is 65.0 Å². The minimum absolute atomic E-state index is 0.543. The van der Waals surface area contributed by atoms with Crippen molar-refractivity contribution in [1.82, 2.24) is 10.2 Å². The SMILES string of the molecule is CNC1CCC(C)(C)CC1CN(C)C(C)C1CC1. The van der Waals surface area contributed by atoms with E-state index in [9.17, 15) is 0 Å². The van der Waals surface area contributed by atoms with E-state index in [1.54, 1.807) is 0 Å². The summed E-state index contributed by atoms with van der Waals surface area (Å²) < 4.78 is 0. The summed E-state index contributed by atoms with van der Waals surface area (Å²) in [6, 6.07) is 1.51. The molecule has 0 heterocycles. The van der Waals surface area contributed by atoms with Crippen molar-refractivity contribution >= 4 is 0 Å². The Bertz CT molecular complexity index is 270. The van der Waals surface area contributed by atoms with Gasteiger partial charge in [-0.05, 0) is 70.4 Å². The van der Waals surface area contributed by atoms with E-state index in [2.05, 4.69) is 45.1 Å². The van der Waals surface area contributed by atoms with Gasteiger partial charge in [-0.1, -0.05) is 13.8 Å². The summed E-state index contributed by atoms with van der Waals surface area (Å²) in [7, 11) is 4.47. The summed E-state index contributed by atoms with van der Waals surface area (Å²) in [6.07, 6.45) is 7.01. The number of nitrogens with one attached hydrogen (secondary N) is 1. The first-order valence-corrected chi connectivity index (χ1v) is 7.80. The first kappa shape index (κ1) is 14.3. The Morgan fingerprint density at radius 1 is 1.28 bits per heavy atom. The molecule has 0 aliphatic heterocycles. The van der Waals surface area contributed by atoms with Crippen LogP contribution >= 0.6 is 0 Å². The molecule has 0 aromatic carbocycles. The predicted octanol–water partition coefficient (Wildman–Crippen LogP) is 3.13. The molecule has 18 heavy (non-hydrogen) atoms. The van der Waals surface area contributed by atoms with Gasteiger partial charge in [0.05, 0.1) is 0 Å². The summed E-state index contributed by atoms with van der Waals surface area (Å²) in [5, 5.41) is 3.55. The highest BCUT2D eigenvalue weighted by Crippen LogP contribution is 2.40. The van der Waals surface area contributed by atoms with Gasteiger partial charge in [-0.3, -0.25) is 0 Å². The van der Waals surface area contributed by atoms with Crippen molar-refractivity contribution in [1.29, 1.82) is 0 Å². The third-order valence-electron chi connectivity index (χ3n) is 5.41. The zero-order valence-electron chi connectivity index (χ0n) is 13.0. The van der Waals surface area contributed by atoms with Gasteiger partial charge in [-0.15, -0.1) is 0 Å². The fraction of sp³-hybridized carbons (Fsp3) is 1.00. The van der Waals surface area contributed by atoms with Crippen molar-refractivity contribution < 1.29 is 0 Å². The normalized spacial score (nSPS) is 33.7. The third kappa shape index (κ3) is 3.48. The molecule has 0 spiro atoms. The third-order valence-corrected chi connectivity index (χ3v) is 5.41. The molecule has 0 aromatic rings. The van der Waals surface area contributed by atoms with Crippen molar-refractivity contribution in [3.05, 3.63) is 0 Å². The minimum atomic E-state index is 0.543. The Hall–Kier alpha value is -0.0800. The van der Waals surface area contributed by atoms with Crippen LogP contribution in [0.1, 0.15) is 52.9 Å². The lowest BCUT2D eigenvalue weighted by atomic mass is 9.69. The van der Waals surface area contributed by atoms with Gasteiger partial charge in [-0.2, -0.15) is 0 Å². The van der Waals surface area contributed by atoms with Gasteiger partial charge in [0.1, 0.15) is 0 Å². The summed E-state index contributed by atoms with van der Waals surface area (Å²) in [4.78, 5) is 2.62. The second kappa shape index (κ2) is 5.50. The van der Waals surface area contributed by atoms with Crippen molar-refractivity contribution in [2.24, 2.45) is 17.3 Å². The lowest BCUT2D eigenvalue weighted by molar-refractivity contribution is 0.0956. The number of nitrogens with zero attached hydrogens (tertiary/aromatic N) is 1. The molecule has 106 valence electrons. The molecule has 0 radical (unpaired) electrons. The van der Waals surface area contributed by atoms with E-state index in [1.165, 1.54) is 38.6 Å². The van der Waals surface area contributed by atoms with Crippen molar-refractivity contribution in [3.8, 4) is 0 Å². The second-order valence-corrected chi connectivity index (χ2v) is 7.58. The van der Waals surface area contributed by atoms with Gasteiger partial charge in [-0.25, -0.2) is 0 Å². The minimum Gasteiger partial charge on any atom is -0.317 e. The molecule has 2 fully saturated rings. The molecule has 2 saturated carbocycles. The molecule has 2 aliphatic carbocycles. The van der Waals surface area contributed by atoms with Crippen LogP contribution in [-0.2, 0) is 0 Å². The van der Waals surface area contributed by atoms with Crippen LogP contribution in [0.3, 0.4) is 0 Å². The average molecular weight is 252 g/mol. The van der Waals surface area contributed by atoms with Gasteiger partial charge < -0.3 is 10.2 Å². The maximum Gasteiger partial charge on any atom is 0.0105 e. The zero-order valence-corrected chi connectivity index (χ0v) is 13.0. The molecule has 0 saturated heterocycles. The van der Waals surface area contributed by atoms with Crippen LogP contribution < -0.4 is 5.32 Å². The van der Waals surface area contributed by atoms with Gasteiger partial charge in [0.25, 0.3) is 0 Å². The van der Waals surface area contributed by atoms with E-state index in [0.717, 1.165) is 23.9 Å². The maximum atomic E-state index is 3.55. The smallest absolute Gasteiger partial charge is 0.0105 e. The molecule has 1 N–H and O–H groups in total. The van der Waals surface area contributed by atoms with E-state index in [0.29, 0.717) is 5.41 Å². The summed E-state index contributed by atoms with van der Waals surface area (Å²) in [5.41, 5.74) is 0.543. The Morgan fingerprint density at radius 3 is 2.50 bits per heavy atom.